The molecule has 0 saturated carbocycles. The Bertz CT molecular complexity index is 604. The van der Waals surface area contributed by atoms with E-state index in [4.69, 9.17) is 17.3 Å². The molecule has 104 valence electrons. The van der Waals surface area contributed by atoms with Gasteiger partial charge in [-0.05, 0) is 36.1 Å². The summed E-state index contributed by atoms with van der Waals surface area (Å²) in [5.74, 6) is 0.647. The SMILES string of the molecule is CC1Cc2ccccc2N(Cc2c(N)cccc2Cl)C1. The number of nitrogens with two attached hydrogens (primary N) is 1. The Kier molecular flexibility index (Phi) is 3.58. The zero-order valence-electron chi connectivity index (χ0n) is 11.6. The smallest absolute Gasteiger partial charge is 0.0476 e. The van der Waals surface area contributed by atoms with Gasteiger partial charge in [0.05, 0.1) is 0 Å². The van der Waals surface area contributed by atoms with E-state index in [-0.39, 0.29) is 0 Å². The molecule has 20 heavy (non-hydrogen) atoms. The molecule has 0 bridgehead atoms. The summed E-state index contributed by atoms with van der Waals surface area (Å²) < 4.78 is 0. The van der Waals surface area contributed by atoms with E-state index in [1.165, 1.54) is 11.3 Å². The molecular formula is C17H19ClN2. The van der Waals surface area contributed by atoms with E-state index in [1.807, 2.05) is 18.2 Å². The van der Waals surface area contributed by atoms with E-state index in [2.05, 4.69) is 36.1 Å². The van der Waals surface area contributed by atoms with Crippen LogP contribution in [0.15, 0.2) is 42.5 Å². The minimum atomic E-state index is 0.647. The molecule has 2 nitrogen and oxygen atoms in total. The predicted octanol–water partition coefficient (Wildman–Crippen LogP) is 4.12. The van der Waals surface area contributed by atoms with Gasteiger partial charge < -0.3 is 10.6 Å². The molecule has 1 atom stereocenters. The van der Waals surface area contributed by atoms with Crippen LogP contribution in [0.5, 0.6) is 0 Å². The topological polar surface area (TPSA) is 29.3 Å². The number of fused-ring (bicyclic) bond motifs is 1. The lowest BCUT2D eigenvalue weighted by molar-refractivity contribution is 0.530. The monoisotopic (exact) mass is 286 g/mol. The molecule has 0 aliphatic carbocycles. The first-order valence-electron chi connectivity index (χ1n) is 7.01. The van der Waals surface area contributed by atoms with Gasteiger partial charge in [0, 0.05) is 35.1 Å². The lowest BCUT2D eigenvalue weighted by Crippen LogP contribution is -2.34. The highest BCUT2D eigenvalue weighted by molar-refractivity contribution is 6.31. The highest BCUT2D eigenvalue weighted by Crippen LogP contribution is 2.33. The number of rotatable bonds is 2. The lowest BCUT2D eigenvalue weighted by Gasteiger charge is -2.35. The van der Waals surface area contributed by atoms with E-state index < -0.39 is 0 Å². The first-order chi connectivity index (χ1) is 9.65. The number of para-hydroxylation sites is 1. The molecule has 1 heterocycles. The second kappa shape index (κ2) is 5.37. The van der Waals surface area contributed by atoms with Crippen LogP contribution < -0.4 is 10.6 Å². The summed E-state index contributed by atoms with van der Waals surface area (Å²) in [7, 11) is 0. The Morgan fingerprint density at radius 2 is 2.00 bits per heavy atom. The average molecular weight is 287 g/mol. The summed E-state index contributed by atoms with van der Waals surface area (Å²) in [6.07, 6.45) is 1.14. The molecule has 2 N–H and O–H groups in total. The molecule has 1 aliphatic rings. The average Bonchev–Trinajstić information content (AvgIpc) is 2.42. The van der Waals surface area contributed by atoms with Gasteiger partial charge in [-0.25, -0.2) is 0 Å². The van der Waals surface area contributed by atoms with Crippen LogP contribution in [0.25, 0.3) is 0 Å². The summed E-state index contributed by atoms with van der Waals surface area (Å²) in [5.41, 5.74) is 10.6. The number of anilines is 2. The van der Waals surface area contributed by atoms with Gasteiger partial charge in [0.1, 0.15) is 0 Å². The summed E-state index contributed by atoms with van der Waals surface area (Å²) >= 11 is 6.31. The van der Waals surface area contributed by atoms with Gasteiger partial charge in [0.15, 0.2) is 0 Å². The van der Waals surface area contributed by atoms with Crippen LogP contribution in [0.1, 0.15) is 18.1 Å². The van der Waals surface area contributed by atoms with Crippen molar-refractivity contribution in [1.82, 2.24) is 0 Å². The summed E-state index contributed by atoms with van der Waals surface area (Å²) in [6.45, 7) is 4.10. The van der Waals surface area contributed by atoms with Crippen LogP contribution in [-0.2, 0) is 13.0 Å². The fourth-order valence-electron chi connectivity index (χ4n) is 2.99. The van der Waals surface area contributed by atoms with Gasteiger partial charge in [-0.2, -0.15) is 0 Å². The third-order valence-corrected chi connectivity index (χ3v) is 4.29. The van der Waals surface area contributed by atoms with Crippen molar-refractivity contribution in [2.24, 2.45) is 5.92 Å². The Morgan fingerprint density at radius 1 is 1.20 bits per heavy atom. The molecule has 1 aliphatic heterocycles. The van der Waals surface area contributed by atoms with Gasteiger partial charge in [-0.15, -0.1) is 0 Å². The van der Waals surface area contributed by atoms with E-state index >= 15 is 0 Å². The van der Waals surface area contributed by atoms with E-state index in [0.29, 0.717) is 5.92 Å². The van der Waals surface area contributed by atoms with Crippen molar-refractivity contribution in [3.8, 4) is 0 Å². The number of hydrogen-bond acceptors (Lipinski definition) is 2. The van der Waals surface area contributed by atoms with Crippen LogP contribution in [0.4, 0.5) is 11.4 Å². The Labute approximate surface area is 125 Å². The number of hydrogen-bond donors (Lipinski definition) is 1. The van der Waals surface area contributed by atoms with Gasteiger partial charge in [0.2, 0.25) is 0 Å². The molecular weight excluding hydrogens is 268 g/mol. The third-order valence-electron chi connectivity index (χ3n) is 3.94. The van der Waals surface area contributed by atoms with Crippen LogP contribution in [0.3, 0.4) is 0 Å². The van der Waals surface area contributed by atoms with Gasteiger partial charge in [-0.3, -0.25) is 0 Å². The van der Waals surface area contributed by atoms with E-state index in [9.17, 15) is 0 Å². The minimum Gasteiger partial charge on any atom is -0.398 e. The Balaban J connectivity index is 1.95. The maximum atomic E-state index is 6.31. The molecule has 3 rings (SSSR count). The van der Waals surface area contributed by atoms with Crippen molar-refractivity contribution in [3.05, 3.63) is 58.6 Å². The van der Waals surface area contributed by atoms with Crippen molar-refractivity contribution in [3.63, 3.8) is 0 Å². The quantitative estimate of drug-likeness (QED) is 0.842. The Morgan fingerprint density at radius 3 is 2.80 bits per heavy atom. The summed E-state index contributed by atoms with van der Waals surface area (Å²) in [6, 6.07) is 14.3. The fraction of sp³-hybridized carbons (Fsp3) is 0.294. The van der Waals surface area contributed by atoms with Crippen LogP contribution in [0, 0.1) is 5.92 Å². The summed E-state index contributed by atoms with van der Waals surface area (Å²) in [4.78, 5) is 2.39. The van der Waals surface area contributed by atoms with Crippen molar-refractivity contribution < 1.29 is 0 Å². The van der Waals surface area contributed by atoms with E-state index in [0.717, 1.165) is 35.8 Å². The molecule has 0 spiro atoms. The first kappa shape index (κ1) is 13.3. The molecule has 0 fully saturated rings. The van der Waals surface area contributed by atoms with Crippen LogP contribution >= 0.6 is 11.6 Å². The zero-order valence-corrected chi connectivity index (χ0v) is 12.4. The first-order valence-corrected chi connectivity index (χ1v) is 7.38. The third kappa shape index (κ3) is 2.48. The molecule has 3 heteroatoms. The summed E-state index contributed by atoms with van der Waals surface area (Å²) in [5, 5.41) is 0.751. The second-order valence-corrected chi connectivity index (χ2v) is 6.03. The normalized spacial score (nSPS) is 17.9. The number of nitrogen functional groups attached to an aromatic ring is 1. The molecule has 2 aromatic rings. The molecule has 1 unspecified atom stereocenters. The van der Waals surface area contributed by atoms with Crippen LogP contribution in [0.2, 0.25) is 5.02 Å². The number of benzene rings is 2. The van der Waals surface area contributed by atoms with Crippen LogP contribution in [-0.4, -0.2) is 6.54 Å². The van der Waals surface area contributed by atoms with Crippen molar-refractivity contribution in [2.45, 2.75) is 19.9 Å². The Hall–Kier alpha value is -1.67. The number of nitrogens with zero attached hydrogens (tertiary/aromatic N) is 1. The van der Waals surface area contributed by atoms with Crippen molar-refractivity contribution in [1.29, 1.82) is 0 Å². The fourth-order valence-corrected chi connectivity index (χ4v) is 3.23. The highest BCUT2D eigenvalue weighted by atomic mass is 35.5. The highest BCUT2D eigenvalue weighted by Gasteiger charge is 2.22. The zero-order chi connectivity index (χ0) is 14.1. The number of halogens is 1. The molecule has 2 aromatic carbocycles. The van der Waals surface area contributed by atoms with E-state index in [1.54, 1.807) is 0 Å². The minimum absolute atomic E-state index is 0.647. The van der Waals surface area contributed by atoms with Gasteiger partial charge in [-0.1, -0.05) is 42.8 Å². The largest absolute Gasteiger partial charge is 0.398 e. The predicted molar refractivity (Wildman–Crippen MR) is 86.2 cm³/mol. The lowest BCUT2D eigenvalue weighted by atomic mass is 9.93. The van der Waals surface area contributed by atoms with Crippen molar-refractivity contribution >= 4 is 23.0 Å². The standard InChI is InChI=1S/C17H19ClN2/c1-12-9-13-5-2-3-8-17(13)20(10-12)11-14-15(18)6-4-7-16(14)19/h2-8,12H,9-11,19H2,1H3. The molecule has 0 radical (unpaired) electrons. The molecule has 0 amide bonds. The van der Waals surface area contributed by atoms with Gasteiger partial charge >= 0.3 is 0 Å². The maximum Gasteiger partial charge on any atom is 0.0476 e. The molecule has 0 saturated heterocycles. The molecule has 0 aromatic heterocycles. The maximum absolute atomic E-state index is 6.31. The van der Waals surface area contributed by atoms with Crippen molar-refractivity contribution in [2.75, 3.05) is 17.2 Å². The van der Waals surface area contributed by atoms with Gasteiger partial charge in [0.25, 0.3) is 0 Å². The second-order valence-electron chi connectivity index (χ2n) is 5.63.